The molecule has 5 rings (SSSR count). The summed E-state index contributed by atoms with van der Waals surface area (Å²) in [5, 5.41) is 94.8. The Kier molecular flexibility index (Phi) is 13.3. The van der Waals surface area contributed by atoms with Crippen LogP contribution in [-0.2, 0) is 42.7 Å². The number of ether oxygens (including phenoxy) is 8. The van der Waals surface area contributed by atoms with Crippen molar-refractivity contribution in [3.8, 4) is 0 Å². The van der Waals surface area contributed by atoms with Gasteiger partial charge in [0.1, 0.15) is 61.5 Å². The molecule has 0 radical (unpaired) electrons. The lowest BCUT2D eigenvalue weighted by Crippen LogP contribution is -2.63. The Hall–Kier alpha value is -1.17. The second-order valence-electron chi connectivity index (χ2n) is 13.8. The average molecular weight is 713 g/mol. The Balaban J connectivity index is 1.40. The van der Waals surface area contributed by atoms with Crippen LogP contribution in [0.25, 0.3) is 0 Å². The average Bonchev–Trinajstić information content (AvgIpc) is 3.08. The van der Waals surface area contributed by atoms with Crippen molar-refractivity contribution >= 4 is 5.97 Å². The summed E-state index contributed by atoms with van der Waals surface area (Å²) in [6.45, 7) is 0.0831. The molecule has 18 atom stereocenters. The fraction of sp³-hybridized carbons (Fsp3) is 0.968. The molecule has 3 saturated heterocycles. The molecule has 2 saturated carbocycles. The highest BCUT2D eigenvalue weighted by Crippen LogP contribution is 2.45. The first kappa shape index (κ1) is 39.0. The molecule has 0 aromatic carbocycles. The van der Waals surface area contributed by atoms with Gasteiger partial charge in [0.2, 0.25) is 0 Å². The predicted molar refractivity (Wildman–Crippen MR) is 159 cm³/mol. The Morgan fingerprint density at radius 3 is 1.73 bits per heavy atom. The van der Waals surface area contributed by atoms with Crippen LogP contribution < -0.4 is 0 Å². The molecule has 2 aliphatic carbocycles. The van der Waals surface area contributed by atoms with Gasteiger partial charge in [-0.2, -0.15) is 0 Å². The van der Waals surface area contributed by atoms with Crippen LogP contribution in [0, 0.1) is 11.8 Å². The quantitative estimate of drug-likeness (QED) is 0.0969. The summed E-state index contributed by atoms with van der Waals surface area (Å²) in [4.78, 5) is 11.4. The number of rotatable bonds is 10. The van der Waals surface area contributed by atoms with E-state index < -0.39 is 135 Å². The van der Waals surface area contributed by atoms with Gasteiger partial charge in [-0.1, -0.05) is 0 Å². The Morgan fingerprint density at radius 2 is 1.18 bits per heavy atom. The third-order valence-electron chi connectivity index (χ3n) is 10.7. The number of methoxy groups -OCH3 is 2. The smallest absolute Gasteiger partial charge is 0.302 e. The lowest BCUT2D eigenvalue weighted by Gasteiger charge is -2.53. The van der Waals surface area contributed by atoms with Crippen molar-refractivity contribution in [3.63, 3.8) is 0 Å². The Morgan fingerprint density at radius 1 is 0.633 bits per heavy atom. The topological polar surface area (TPSA) is 273 Å². The van der Waals surface area contributed by atoms with Crippen LogP contribution in [0.2, 0.25) is 0 Å². The molecule has 0 spiro atoms. The van der Waals surface area contributed by atoms with E-state index in [0.717, 1.165) is 6.92 Å². The normalized spacial score (nSPS) is 50.8. The highest BCUT2D eigenvalue weighted by molar-refractivity contribution is 5.65. The van der Waals surface area contributed by atoms with Crippen LogP contribution in [0.15, 0.2) is 0 Å². The molecule has 5 fully saturated rings. The van der Waals surface area contributed by atoms with E-state index >= 15 is 0 Å². The van der Waals surface area contributed by atoms with Crippen LogP contribution in [0.5, 0.6) is 0 Å². The van der Waals surface area contributed by atoms with Crippen molar-refractivity contribution in [2.75, 3.05) is 27.4 Å². The molecular weight excluding hydrogens is 660 g/mol. The Bertz CT molecular complexity index is 1050. The van der Waals surface area contributed by atoms with Gasteiger partial charge in [0.25, 0.3) is 0 Å². The van der Waals surface area contributed by atoms with E-state index in [1.54, 1.807) is 0 Å². The molecule has 3 aliphatic heterocycles. The van der Waals surface area contributed by atoms with E-state index in [1.807, 2.05) is 0 Å². The number of esters is 1. The third-order valence-corrected chi connectivity index (χ3v) is 10.7. The number of carbonyl (C=O) groups excluding carboxylic acids is 1. The van der Waals surface area contributed by atoms with Gasteiger partial charge < -0.3 is 83.9 Å². The van der Waals surface area contributed by atoms with Crippen molar-refractivity contribution in [2.45, 2.75) is 149 Å². The SMILES string of the molecule is COC1CC(C2OC3CC(O)CC(O[C@@H]4O[C@H](COC(C)=O)[C@@H](O)[C@H](O)[C@H]4O)C3CC2O[C@@H]2O[C@H](CO)[C@@H](O)[C@H](O)[C@H]2O)CC(OC)C1O. The molecule has 284 valence electrons. The maximum absolute atomic E-state index is 11.4. The van der Waals surface area contributed by atoms with Gasteiger partial charge in [0, 0.05) is 33.5 Å². The van der Waals surface area contributed by atoms with Crippen molar-refractivity contribution < 1.29 is 88.6 Å². The number of aliphatic hydroxyl groups excluding tert-OH is 9. The minimum atomic E-state index is -1.71. The van der Waals surface area contributed by atoms with Crippen LogP contribution in [-0.4, -0.2) is 190 Å². The first-order valence-electron chi connectivity index (χ1n) is 16.8. The fourth-order valence-corrected chi connectivity index (χ4v) is 7.92. The number of aliphatic hydroxyl groups is 9. The Labute approximate surface area is 283 Å². The van der Waals surface area contributed by atoms with Gasteiger partial charge in [0.15, 0.2) is 12.6 Å². The standard InChI is InChI=1S/C31H52O18/c1-11(33)44-10-21-24(37)26(39)28(41)30(49-21)46-16-7-13(34)6-15-14(16)8-19(47-31-27(40)25(38)23(36)20(9-32)48-31)29(45-15)12-4-17(42-2)22(35)18(5-12)43-3/h12-32,34-41H,4-10H2,1-3H3/t12?,13?,14?,15?,16?,17?,18?,19?,20-,21-,22?,23-,24-,25+,26+,27-,28-,29?,30-,31-/m1/s1. The van der Waals surface area contributed by atoms with Gasteiger partial charge in [-0.15, -0.1) is 0 Å². The summed E-state index contributed by atoms with van der Waals surface area (Å²) >= 11 is 0. The monoisotopic (exact) mass is 712 g/mol. The molecular formula is C31H52O18. The molecule has 0 bridgehead atoms. The lowest BCUT2D eigenvalue weighted by molar-refractivity contribution is -0.345. The minimum Gasteiger partial charge on any atom is -0.463 e. The number of hydrogen-bond acceptors (Lipinski definition) is 18. The van der Waals surface area contributed by atoms with Gasteiger partial charge in [-0.25, -0.2) is 0 Å². The van der Waals surface area contributed by atoms with Crippen LogP contribution in [0.1, 0.15) is 39.0 Å². The molecule has 0 aromatic rings. The maximum Gasteiger partial charge on any atom is 0.302 e. The zero-order valence-corrected chi connectivity index (χ0v) is 27.7. The van der Waals surface area contributed by atoms with Gasteiger partial charge in [-0.3, -0.25) is 4.79 Å². The van der Waals surface area contributed by atoms with E-state index in [-0.39, 0.29) is 25.2 Å². The van der Waals surface area contributed by atoms with Crippen LogP contribution in [0.3, 0.4) is 0 Å². The number of hydrogen-bond donors (Lipinski definition) is 9. The summed E-state index contributed by atoms with van der Waals surface area (Å²) in [6.07, 6.45) is -20.5. The molecule has 5 aliphatic rings. The third kappa shape index (κ3) is 8.40. The summed E-state index contributed by atoms with van der Waals surface area (Å²) < 4.78 is 46.7. The molecule has 18 nitrogen and oxygen atoms in total. The number of carbonyl (C=O) groups is 1. The van der Waals surface area contributed by atoms with Crippen molar-refractivity contribution in [3.05, 3.63) is 0 Å². The van der Waals surface area contributed by atoms with Crippen molar-refractivity contribution in [1.82, 2.24) is 0 Å². The summed E-state index contributed by atoms with van der Waals surface area (Å²) in [5.74, 6) is -1.52. The first-order chi connectivity index (χ1) is 23.3. The minimum absolute atomic E-state index is 0.0644. The summed E-state index contributed by atoms with van der Waals surface area (Å²) in [6, 6.07) is 0. The molecule has 3 heterocycles. The molecule has 8 unspecified atom stereocenters. The zero-order chi connectivity index (χ0) is 35.7. The lowest BCUT2D eigenvalue weighted by atomic mass is 9.72. The summed E-state index contributed by atoms with van der Waals surface area (Å²) in [7, 11) is 2.94. The molecule has 18 heteroatoms. The van der Waals surface area contributed by atoms with Gasteiger partial charge in [0.05, 0.1) is 49.3 Å². The highest BCUT2D eigenvalue weighted by Gasteiger charge is 2.55. The van der Waals surface area contributed by atoms with E-state index in [4.69, 9.17) is 37.9 Å². The van der Waals surface area contributed by atoms with Crippen molar-refractivity contribution in [2.24, 2.45) is 11.8 Å². The van der Waals surface area contributed by atoms with Crippen molar-refractivity contribution in [1.29, 1.82) is 0 Å². The predicted octanol–water partition coefficient (Wildman–Crippen LogP) is -4.34. The van der Waals surface area contributed by atoms with Crippen LogP contribution >= 0.6 is 0 Å². The molecule has 0 amide bonds. The molecule has 0 aromatic heterocycles. The van der Waals surface area contributed by atoms with E-state index in [2.05, 4.69) is 0 Å². The van der Waals surface area contributed by atoms with Gasteiger partial charge >= 0.3 is 5.97 Å². The molecule has 9 N–H and O–H groups in total. The number of fused-ring (bicyclic) bond motifs is 1. The highest BCUT2D eigenvalue weighted by atomic mass is 16.7. The second kappa shape index (κ2) is 16.7. The van der Waals surface area contributed by atoms with E-state index in [9.17, 15) is 50.8 Å². The first-order valence-corrected chi connectivity index (χ1v) is 16.8. The maximum atomic E-state index is 11.4. The summed E-state index contributed by atoms with van der Waals surface area (Å²) in [5.41, 5.74) is 0. The van der Waals surface area contributed by atoms with E-state index in [1.165, 1.54) is 14.2 Å². The largest absolute Gasteiger partial charge is 0.463 e. The fourth-order valence-electron chi connectivity index (χ4n) is 7.92. The van der Waals surface area contributed by atoms with Crippen LogP contribution in [0.4, 0.5) is 0 Å². The van der Waals surface area contributed by atoms with E-state index in [0.29, 0.717) is 12.8 Å². The zero-order valence-electron chi connectivity index (χ0n) is 27.7. The second-order valence-corrected chi connectivity index (χ2v) is 13.8. The molecule has 49 heavy (non-hydrogen) atoms. The van der Waals surface area contributed by atoms with Gasteiger partial charge in [-0.05, 0) is 31.6 Å².